The molecular formula is C22H22N2O5. The van der Waals surface area contributed by atoms with E-state index in [2.05, 4.69) is 5.32 Å². The van der Waals surface area contributed by atoms with Crippen molar-refractivity contribution in [2.24, 2.45) is 5.92 Å². The highest BCUT2D eigenvalue weighted by Crippen LogP contribution is 2.13. The molecule has 0 unspecified atom stereocenters. The SMILES string of the molecule is CC(C)COC(=O)/C(=C\C=C\c1ccc([N+](=O)[O-])cc1)NC(=O)c1ccccc1. The van der Waals surface area contributed by atoms with Gasteiger partial charge in [0.2, 0.25) is 0 Å². The summed E-state index contributed by atoms with van der Waals surface area (Å²) < 4.78 is 5.22. The highest BCUT2D eigenvalue weighted by molar-refractivity contribution is 6.01. The zero-order chi connectivity index (χ0) is 21.2. The predicted molar refractivity (Wildman–Crippen MR) is 110 cm³/mol. The van der Waals surface area contributed by atoms with Crippen molar-refractivity contribution in [2.75, 3.05) is 6.61 Å². The second kappa shape index (κ2) is 10.6. The summed E-state index contributed by atoms with van der Waals surface area (Å²) in [7, 11) is 0. The van der Waals surface area contributed by atoms with E-state index in [1.165, 1.54) is 18.2 Å². The molecule has 2 aromatic rings. The Morgan fingerprint density at radius 3 is 2.34 bits per heavy atom. The highest BCUT2D eigenvalue weighted by Gasteiger charge is 2.15. The first-order chi connectivity index (χ1) is 13.9. The molecule has 0 aliphatic rings. The maximum Gasteiger partial charge on any atom is 0.354 e. The fourth-order valence-corrected chi connectivity index (χ4v) is 2.23. The summed E-state index contributed by atoms with van der Waals surface area (Å²) in [5.41, 5.74) is 1.11. The minimum absolute atomic E-state index is 0.00216. The number of hydrogen-bond donors (Lipinski definition) is 1. The lowest BCUT2D eigenvalue weighted by Crippen LogP contribution is -2.29. The molecule has 7 heteroatoms. The van der Waals surface area contributed by atoms with Crippen LogP contribution in [0.25, 0.3) is 6.08 Å². The van der Waals surface area contributed by atoms with E-state index in [1.807, 2.05) is 13.8 Å². The largest absolute Gasteiger partial charge is 0.461 e. The van der Waals surface area contributed by atoms with E-state index in [1.54, 1.807) is 54.6 Å². The molecule has 0 aromatic heterocycles. The molecule has 7 nitrogen and oxygen atoms in total. The Bertz CT molecular complexity index is 916. The Kier molecular flexibility index (Phi) is 7.85. The van der Waals surface area contributed by atoms with Gasteiger partial charge in [0.1, 0.15) is 5.70 Å². The van der Waals surface area contributed by atoms with E-state index < -0.39 is 16.8 Å². The molecule has 2 aromatic carbocycles. The van der Waals surface area contributed by atoms with Crippen molar-refractivity contribution >= 4 is 23.6 Å². The topological polar surface area (TPSA) is 98.5 Å². The van der Waals surface area contributed by atoms with Crippen molar-refractivity contribution in [3.63, 3.8) is 0 Å². The first-order valence-electron chi connectivity index (χ1n) is 9.03. The van der Waals surface area contributed by atoms with Crippen molar-refractivity contribution in [1.29, 1.82) is 0 Å². The van der Waals surface area contributed by atoms with Crippen LogP contribution in [-0.4, -0.2) is 23.4 Å². The Labute approximate surface area is 168 Å². The molecule has 0 spiro atoms. The Morgan fingerprint density at radius 2 is 1.76 bits per heavy atom. The number of nitro groups is 1. The first kappa shape index (κ1) is 21.6. The zero-order valence-corrected chi connectivity index (χ0v) is 16.2. The Morgan fingerprint density at radius 1 is 1.10 bits per heavy atom. The summed E-state index contributed by atoms with van der Waals surface area (Å²) in [5, 5.41) is 13.3. The third-order valence-electron chi connectivity index (χ3n) is 3.71. The minimum Gasteiger partial charge on any atom is -0.461 e. The second-order valence-electron chi connectivity index (χ2n) is 6.60. The number of carbonyl (C=O) groups excluding carboxylic acids is 2. The van der Waals surface area contributed by atoms with Gasteiger partial charge >= 0.3 is 5.97 Å². The van der Waals surface area contributed by atoms with E-state index in [-0.39, 0.29) is 23.9 Å². The monoisotopic (exact) mass is 394 g/mol. The fraction of sp³-hybridized carbons (Fsp3) is 0.182. The first-order valence-corrected chi connectivity index (χ1v) is 9.03. The van der Waals surface area contributed by atoms with Gasteiger partial charge < -0.3 is 10.1 Å². The Hall–Kier alpha value is -3.74. The Balaban J connectivity index is 2.17. The van der Waals surface area contributed by atoms with Crippen LogP contribution in [0.15, 0.2) is 72.4 Å². The molecule has 150 valence electrons. The van der Waals surface area contributed by atoms with Crippen LogP contribution in [0.2, 0.25) is 0 Å². The number of benzene rings is 2. The van der Waals surface area contributed by atoms with Crippen molar-refractivity contribution in [3.05, 3.63) is 93.7 Å². The maximum absolute atomic E-state index is 12.4. The van der Waals surface area contributed by atoms with Gasteiger partial charge in [-0.25, -0.2) is 4.79 Å². The van der Waals surface area contributed by atoms with E-state index >= 15 is 0 Å². The molecule has 1 amide bonds. The van der Waals surface area contributed by atoms with Gasteiger partial charge in [-0.3, -0.25) is 14.9 Å². The van der Waals surface area contributed by atoms with Crippen LogP contribution in [0.5, 0.6) is 0 Å². The standard InChI is InChI=1S/C22H22N2O5/c1-16(2)15-29-22(26)20(23-21(25)18-8-4-3-5-9-18)10-6-7-17-11-13-19(14-12-17)24(27)28/h3-14,16H,15H2,1-2H3,(H,23,25)/b7-6+,20-10+. The molecule has 0 bridgehead atoms. The zero-order valence-electron chi connectivity index (χ0n) is 16.2. The lowest BCUT2D eigenvalue weighted by atomic mass is 10.2. The molecule has 0 radical (unpaired) electrons. The maximum atomic E-state index is 12.4. The van der Waals surface area contributed by atoms with Crippen LogP contribution in [0.4, 0.5) is 5.69 Å². The number of amides is 1. The van der Waals surface area contributed by atoms with Gasteiger partial charge in [-0.1, -0.05) is 44.2 Å². The lowest BCUT2D eigenvalue weighted by Gasteiger charge is -2.11. The number of nitro benzene ring substituents is 1. The van der Waals surface area contributed by atoms with E-state index in [4.69, 9.17) is 4.74 Å². The number of allylic oxidation sites excluding steroid dienone is 2. The smallest absolute Gasteiger partial charge is 0.354 e. The highest BCUT2D eigenvalue weighted by atomic mass is 16.6. The summed E-state index contributed by atoms with van der Waals surface area (Å²) in [5.74, 6) is -0.918. The van der Waals surface area contributed by atoms with Crippen molar-refractivity contribution in [1.82, 2.24) is 5.32 Å². The third-order valence-corrected chi connectivity index (χ3v) is 3.71. The average molecular weight is 394 g/mol. The van der Waals surface area contributed by atoms with Crippen LogP contribution in [0.1, 0.15) is 29.8 Å². The quantitative estimate of drug-likeness (QED) is 0.239. The number of non-ortho nitro benzene ring substituents is 1. The molecule has 0 saturated carbocycles. The van der Waals surface area contributed by atoms with Gasteiger partial charge in [0.05, 0.1) is 11.5 Å². The van der Waals surface area contributed by atoms with E-state index in [0.29, 0.717) is 11.1 Å². The summed E-state index contributed by atoms with van der Waals surface area (Å²) in [6.45, 7) is 4.05. The predicted octanol–water partition coefficient (Wildman–Crippen LogP) is 4.12. The minimum atomic E-state index is -0.642. The van der Waals surface area contributed by atoms with Gasteiger partial charge in [-0.15, -0.1) is 0 Å². The van der Waals surface area contributed by atoms with Gasteiger partial charge in [0.15, 0.2) is 0 Å². The van der Waals surface area contributed by atoms with Crippen molar-refractivity contribution < 1.29 is 19.2 Å². The van der Waals surface area contributed by atoms with E-state index in [0.717, 1.165) is 0 Å². The lowest BCUT2D eigenvalue weighted by molar-refractivity contribution is -0.384. The summed E-state index contributed by atoms with van der Waals surface area (Å²) in [4.78, 5) is 35.0. The molecule has 0 aliphatic heterocycles. The number of rotatable bonds is 8. The molecule has 0 atom stereocenters. The van der Waals surface area contributed by atoms with Crippen molar-refractivity contribution in [3.8, 4) is 0 Å². The van der Waals surface area contributed by atoms with Gasteiger partial charge in [-0.2, -0.15) is 0 Å². The molecule has 0 aliphatic carbocycles. The number of nitrogens with zero attached hydrogens (tertiary/aromatic N) is 1. The average Bonchev–Trinajstić information content (AvgIpc) is 2.72. The van der Waals surface area contributed by atoms with Crippen LogP contribution in [0, 0.1) is 16.0 Å². The summed E-state index contributed by atoms with van der Waals surface area (Å²) in [6, 6.07) is 14.5. The molecule has 0 saturated heterocycles. The van der Waals surface area contributed by atoms with Crippen molar-refractivity contribution in [2.45, 2.75) is 13.8 Å². The number of nitrogens with one attached hydrogen (secondary N) is 1. The van der Waals surface area contributed by atoms with E-state index in [9.17, 15) is 19.7 Å². The molecule has 29 heavy (non-hydrogen) atoms. The molecule has 2 rings (SSSR count). The van der Waals surface area contributed by atoms with Crippen LogP contribution in [-0.2, 0) is 9.53 Å². The van der Waals surface area contributed by atoms with Gasteiger partial charge in [-0.05, 0) is 41.8 Å². The summed E-state index contributed by atoms with van der Waals surface area (Å²) in [6.07, 6.45) is 4.66. The second-order valence-corrected chi connectivity index (χ2v) is 6.60. The van der Waals surface area contributed by atoms with Crippen LogP contribution in [0.3, 0.4) is 0 Å². The number of hydrogen-bond acceptors (Lipinski definition) is 5. The fourth-order valence-electron chi connectivity index (χ4n) is 2.23. The summed E-state index contributed by atoms with van der Waals surface area (Å²) >= 11 is 0. The van der Waals surface area contributed by atoms with Crippen LogP contribution >= 0.6 is 0 Å². The normalized spacial score (nSPS) is 11.5. The number of carbonyl (C=O) groups is 2. The molecule has 0 fully saturated rings. The number of esters is 1. The molecular weight excluding hydrogens is 372 g/mol. The number of ether oxygens (including phenoxy) is 1. The third kappa shape index (κ3) is 7.06. The van der Waals surface area contributed by atoms with Gasteiger partial charge in [0, 0.05) is 17.7 Å². The van der Waals surface area contributed by atoms with Gasteiger partial charge in [0.25, 0.3) is 11.6 Å². The van der Waals surface area contributed by atoms with Crippen LogP contribution < -0.4 is 5.32 Å². The molecule has 0 heterocycles. The molecule has 1 N–H and O–H groups in total.